The molecule has 0 aromatic heterocycles. The molecule has 1 N–H and O–H groups in total. The lowest BCUT2D eigenvalue weighted by molar-refractivity contribution is 0.156. The van der Waals surface area contributed by atoms with Crippen LogP contribution in [0.25, 0.3) is 0 Å². The zero-order valence-corrected chi connectivity index (χ0v) is 8.55. The van der Waals surface area contributed by atoms with Crippen molar-refractivity contribution in [2.75, 3.05) is 26.2 Å². The third-order valence-corrected chi connectivity index (χ3v) is 2.71. The van der Waals surface area contributed by atoms with Gasteiger partial charge in [0.05, 0.1) is 0 Å². The Hall–Kier alpha value is -0.520. The molecule has 1 unspecified atom stereocenters. The highest BCUT2D eigenvalue weighted by Crippen LogP contribution is 2.07. The number of nitrogens with zero attached hydrogens (tertiary/aromatic N) is 1. The van der Waals surface area contributed by atoms with Crippen LogP contribution in [-0.4, -0.2) is 37.1 Å². The average Bonchev–Trinajstić information content (AvgIpc) is 2.19. The van der Waals surface area contributed by atoms with Gasteiger partial charge in [-0.15, -0.1) is 12.3 Å². The molecule has 0 aromatic carbocycles. The van der Waals surface area contributed by atoms with E-state index in [1.165, 1.54) is 19.5 Å². The van der Waals surface area contributed by atoms with Gasteiger partial charge in [-0.25, -0.2) is 0 Å². The van der Waals surface area contributed by atoms with Crippen LogP contribution < -0.4 is 5.32 Å². The largest absolute Gasteiger partial charge is 0.314 e. The zero-order valence-electron chi connectivity index (χ0n) is 8.55. The maximum absolute atomic E-state index is 5.23. The first-order chi connectivity index (χ1) is 6.38. The quantitative estimate of drug-likeness (QED) is 0.514. The van der Waals surface area contributed by atoms with Crippen molar-refractivity contribution in [2.24, 2.45) is 0 Å². The Balaban J connectivity index is 2.24. The highest BCUT2D eigenvalue weighted by molar-refractivity contribution is 4.85. The molecule has 0 aromatic rings. The Morgan fingerprint density at radius 1 is 1.62 bits per heavy atom. The lowest BCUT2D eigenvalue weighted by Gasteiger charge is -2.35. The van der Waals surface area contributed by atoms with E-state index in [0.717, 1.165) is 32.0 Å². The summed E-state index contributed by atoms with van der Waals surface area (Å²) in [6, 6.07) is 0.728. The number of hydrogen-bond acceptors (Lipinski definition) is 2. The predicted molar refractivity (Wildman–Crippen MR) is 56.6 cm³/mol. The van der Waals surface area contributed by atoms with Crippen LogP contribution in [0.1, 0.15) is 26.2 Å². The summed E-state index contributed by atoms with van der Waals surface area (Å²) in [5.74, 6) is 2.70. The van der Waals surface area contributed by atoms with Gasteiger partial charge in [0.15, 0.2) is 0 Å². The fourth-order valence-electron chi connectivity index (χ4n) is 1.88. The molecule has 1 heterocycles. The molecule has 1 aliphatic rings. The van der Waals surface area contributed by atoms with Crippen LogP contribution >= 0.6 is 0 Å². The molecule has 0 radical (unpaired) electrons. The van der Waals surface area contributed by atoms with E-state index >= 15 is 0 Å². The number of rotatable bonds is 4. The molecule has 2 heteroatoms. The Morgan fingerprint density at radius 2 is 2.46 bits per heavy atom. The molecule has 1 atom stereocenters. The van der Waals surface area contributed by atoms with E-state index < -0.39 is 0 Å². The second-order valence-electron chi connectivity index (χ2n) is 3.61. The summed E-state index contributed by atoms with van der Waals surface area (Å²) in [4.78, 5) is 2.56. The number of hydrogen-bond donors (Lipinski definition) is 1. The van der Waals surface area contributed by atoms with Crippen molar-refractivity contribution in [1.29, 1.82) is 0 Å². The predicted octanol–water partition coefficient (Wildman–Crippen LogP) is 1.08. The van der Waals surface area contributed by atoms with Crippen LogP contribution in [0.15, 0.2) is 0 Å². The third-order valence-electron chi connectivity index (χ3n) is 2.71. The second kappa shape index (κ2) is 6.01. The van der Waals surface area contributed by atoms with Gasteiger partial charge in [0.2, 0.25) is 0 Å². The maximum Gasteiger partial charge on any atom is 0.0218 e. The minimum atomic E-state index is 0.728. The molecule has 0 aliphatic carbocycles. The van der Waals surface area contributed by atoms with Crippen LogP contribution in [0.5, 0.6) is 0 Å². The van der Waals surface area contributed by atoms with Crippen LogP contribution in [0, 0.1) is 12.3 Å². The molecule has 0 spiro atoms. The van der Waals surface area contributed by atoms with Gasteiger partial charge in [0, 0.05) is 32.1 Å². The smallest absolute Gasteiger partial charge is 0.0218 e. The summed E-state index contributed by atoms with van der Waals surface area (Å²) in [5, 5.41) is 3.42. The van der Waals surface area contributed by atoms with E-state index in [1.807, 2.05) is 0 Å². The molecule has 0 bridgehead atoms. The van der Waals surface area contributed by atoms with Crippen molar-refractivity contribution in [1.82, 2.24) is 10.2 Å². The van der Waals surface area contributed by atoms with Crippen LogP contribution in [0.3, 0.4) is 0 Å². The topological polar surface area (TPSA) is 15.3 Å². The van der Waals surface area contributed by atoms with E-state index in [-0.39, 0.29) is 0 Å². The van der Waals surface area contributed by atoms with Crippen molar-refractivity contribution in [3.05, 3.63) is 0 Å². The summed E-state index contributed by atoms with van der Waals surface area (Å²) < 4.78 is 0. The SMILES string of the molecule is C#CCCCN1CCNCC1CC. The Labute approximate surface area is 81.7 Å². The van der Waals surface area contributed by atoms with Crippen molar-refractivity contribution < 1.29 is 0 Å². The molecule has 1 fully saturated rings. The number of unbranched alkanes of at least 4 members (excludes halogenated alkanes) is 1. The molecule has 13 heavy (non-hydrogen) atoms. The lowest BCUT2D eigenvalue weighted by atomic mass is 10.1. The van der Waals surface area contributed by atoms with Crippen LogP contribution in [0.4, 0.5) is 0 Å². The molecule has 1 saturated heterocycles. The third kappa shape index (κ3) is 3.38. The number of piperazine rings is 1. The lowest BCUT2D eigenvalue weighted by Crippen LogP contribution is -2.51. The standard InChI is InChI=1S/C11H20N2/c1-3-5-6-8-13-9-7-12-10-11(13)4-2/h1,11-12H,4-10H2,2H3. The van der Waals surface area contributed by atoms with Crippen molar-refractivity contribution in [3.63, 3.8) is 0 Å². The molecule has 0 amide bonds. The average molecular weight is 180 g/mol. The van der Waals surface area contributed by atoms with Crippen molar-refractivity contribution in [3.8, 4) is 12.3 Å². The monoisotopic (exact) mass is 180 g/mol. The van der Waals surface area contributed by atoms with Gasteiger partial charge in [-0.3, -0.25) is 4.90 Å². The second-order valence-corrected chi connectivity index (χ2v) is 3.61. The summed E-state index contributed by atoms with van der Waals surface area (Å²) in [5.41, 5.74) is 0. The van der Waals surface area contributed by atoms with Crippen LogP contribution in [-0.2, 0) is 0 Å². The van der Waals surface area contributed by atoms with Gasteiger partial charge in [0.1, 0.15) is 0 Å². The summed E-state index contributed by atoms with van der Waals surface area (Å²) >= 11 is 0. The van der Waals surface area contributed by atoms with E-state index in [0.29, 0.717) is 0 Å². The first-order valence-corrected chi connectivity index (χ1v) is 5.26. The molecular formula is C11H20N2. The molecule has 2 nitrogen and oxygen atoms in total. The molecular weight excluding hydrogens is 160 g/mol. The van der Waals surface area contributed by atoms with E-state index in [9.17, 15) is 0 Å². The normalized spacial score (nSPS) is 24.2. The van der Waals surface area contributed by atoms with Gasteiger partial charge in [-0.2, -0.15) is 0 Å². The maximum atomic E-state index is 5.23. The summed E-state index contributed by atoms with van der Waals surface area (Å²) in [6.07, 6.45) is 8.53. The first-order valence-electron chi connectivity index (χ1n) is 5.26. The summed E-state index contributed by atoms with van der Waals surface area (Å²) in [6.45, 7) is 6.89. The van der Waals surface area contributed by atoms with Gasteiger partial charge in [0.25, 0.3) is 0 Å². The van der Waals surface area contributed by atoms with Crippen molar-refractivity contribution >= 4 is 0 Å². The highest BCUT2D eigenvalue weighted by atomic mass is 15.2. The van der Waals surface area contributed by atoms with Gasteiger partial charge >= 0.3 is 0 Å². The number of nitrogens with one attached hydrogen (secondary N) is 1. The molecule has 1 aliphatic heterocycles. The Kier molecular flexibility index (Phi) is 4.88. The van der Waals surface area contributed by atoms with Crippen LogP contribution in [0.2, 0.25) is 0 Å². The Bertz CT molecular complexity index is 171. The van der Waals surface area contributed by atoms with Gasteiger partial charge in [-0.05, 0) is 19.4 Å². The Morgan fingerprint density at radius 3 is 3.15 bits per heavy atom. The van der Waals surface area contributed by atoms with Gasteiger partial charge in [-0.1, -0.05) is 6.92 Å². The van der Waals surface area contributed by atoms with E-state index in [2.05, 4.69) is 23.1 Å². The highest BCUT2D eigenvalue weighted by Gasteiger charge is 2.18. The molecule has 1 rings (SSSR count). The fourth-order valence-corrected chi connectivity index (χ4v) is 1.88. The molecule has 74 valence electrons. The van der Waals surface area contributed by atoms with E-state index in [4.69, 9.17) is 6.42 Å². The summed E-state index contributed by atoms with van der Waals surface area (Å²) in [7, 11) is 0. The number of terminal acetylenes is 1. The minimum Gasteiger partial charge on any atom is -0.314 e. The fraction of sp³-hybridized carbons (Fsp3) is 0.818. The van der Waals surface area contributed by atoms with Gasteiger partial charge < -0.3 is 5.32 Å². The first kappa shape index (κ1) is 10.6. The molecule has 0 saturated carbocycles. The van der Waals surface area contributed by atoms with E-state index in [1.54, 1.807) is 0 Å². The zero-order chi connectivity index (χ0) is 9.52. The minimum absolute atomic E-state index is 0.728. The van der Waals surface area contributed by atoms with Crippen molar-refractivity contribution in [2.45, 2.75) is 32.2 Å².